The van der Waals surface area contributed by atoms with Crippen LogP contribution in [-0.2, 0) is 0 Å². The lowest BCUT2D eigenvalue weighted by atomic mass is 9.98. The SMILES string of the molecule is c1ccc(-c2ccc3c(c2)sc2c4ccccc4c(N(c4ccccc4)c4ccccc4-c4ccccc4)cc32)cc1. The van der Waals surface area contributed by atoms with Crippen LogP contribution >= 0.6 is 11.3 Å². The average molecular weight is 554 g/mol. The maximum Gasteiger partial charge on any atom is 0.0547 e. The molecule has 8 aromatic rings. The van der Waals surface area contributed by atoms with Crippen LogP contribution in [0.15, 0.2) is 164 Å². The Kier molecular flexibility index (Phi) is 6.05. The van der Waals surface area contributed by atoms with Crippen molar-refractivity contribution in [2.45, 2.75) is 0 Å². The molecular weight excluding hydrogens is 527 g/mol. The quantitative estimate of drug-likeness (QED) is 0.205. The van der Waals surface area contributed by atoms with E-state index in [2.05, 4.69) is 169 Å². The van der Waals surface area contributed by atoms with Gasteiger partial charge < -0.3 is 4.90 Å². The Labute approximate surface area is 249 Å². The Hall–Kier alpha value is -5.18. The molecule has 0 aliphatic rings. The first kappa shape index (κ1) is 24.6. The fourth-order valence-electron chi connectivity index (χ4n) is 6.09. The van der Waals surface area contributed by atoms with Crippen molar-refractivity contribution >= 4 is 59.3 Å². The molecule has 7 aromatic carbocycles. The number of para-hydroxylation sites is 2. The van der Waals surface area contributed by atoms with E-state index < -0.39 is 0 Å². The normalized spacial score (nSPS) is 11.3. The Morgan fingerprint density at radius 3 is 1.76 bits per heavy atom. The third-order valence-corrected chi connectivity index (χ3v) is 9.25. The smallest absolute Gasteiger partial charge is 0.0547 e. The van der Waals surface area contributed by atoms with Gasteiger partial charge in [0, 0.05) is 42.2 Å². The van der Waals surface area contributed by atoms with E-state index in [0.717, 1.165) is 11.4 Å². The maximum absolute atomic E-state index is 2.44. The summed E-state index contributed by atoms with van der Waals surface area (Å²) in [6, 6.07) is 59.0. The lowest BCUT2D eigenvalue weighted by Gasteiger charge is -2.29. The van der Waals surface area contributed by atoms with E-state index in [1.165, 1.54) is 58.9 Å². The zero-order chi connectivity index (χ0) is 27.9. The summed E-state index contributed by atoms with van der Waals surface area (Å²) in [5.41, 5.74) is 8.38. The molecule has 0 bridgehead atoms. The minimum atomic E-state index is 1.14. The van der Waals surface area contributed by atoms with Gasteiger partial charge >= 0.3 is 0 Å². The van der Waals surface area contributed by atoms with Crippen LogP contribution in [0.5, 0.6) is 0 Å². The van der Waals surface area contributed by atoms with Crippen molar-refractivity contribution in [3.63, 3.8) is 0 Å². The van der Waals surface area contributed by atoms with Crippen LogP contribution in [-0.4, -0.2) is 0 Å². The number of hydrogen-bond donors (Lipinski definition) is 0. The van der Waals surface area contributed by atoms with Gasteiger partial charge in [0.25, 0.3) is 0 Å². The minimum absolute atomic E-state index is 1.14. The lowest BCUT2D eigenvalue weighted by Crippen LogP contribution is -2.11. The first-order chi connectivity index (χ1) is 20.8. The molecule has 0 radical (unpaired) electrons. The molecule has 0 aliphatic heterocycles. The summed E-state index contributed by atoms with van der Waals surface area (Å²) >= 11 is 1.89. The molecule has 42 heavy (non-hydrogen) atoms. The van der Waals surface area contributed by atoms with Crippen LogP contribution in [0.1, 0.15) is 0 Å². The van der Waals surface area contributed by atoms with Gasteiger partial charge in [0.1, 0.15) is 0 Å². The monoisotopic (exact) mass is 553 g/mol. The van der Waals surface area contributed by atoms with E-state index in [-0.39, 0.29) is 0 Å². The highest BCUT2D eigenvalue weighted by atomic mass is 32.1. The molecule has 0 N–H and O–H groups in total. The van der Waals surface area contributed by atoms with Crippen LogP contribution in [0, 0.1) is 0 Å². The fourth-order valence-corrected chi connectivity index (χ4v) is 7.35. The van der Waals surface area contributed by atoms with Crippen molar-refractivity contribution in [1.29, 1.82) is 0 Å². The molecule has 8 rings (SSSR count). The number of nitrogens with zero attached hydrogens (tertiary/aromatic N) is 1. The van der Waals surface area contributed by atoms with Crippen LogP contribution in [0.4, 0.5) is 17.1 Å². The van der Waals surface area contributed by atoms with Crippen molar-refractivity contribution < 1.29 is 0 Å². The van der Waals surface area contributed by atoms with E-state index in [1.54, 1.807) is 0 Å². The molecule has 0 unspecified atom stereocenters. The van der Waals surface area contributed by atoms with Crippen molar-refractivity contribution in [3.8, 4) is 22.3 Å². The van der Waals surface area contributed by atoms with Gasteiger partial charge in [-0.3, -0.25) is 0 Å². The Morgan fingerprint density at radius 2 is 1.00 bits per heavy atom. The number of thiophene rings is 1. The molecule has 0 fully saturated rings. The number of anilines is 3. The van der Waals surface area contributed by atoms with Gasteiger partial charge in [-0.1, -0.05) is 133 Å². The zero-order valence-electron chi connectivity index (χ0n) is 22.9. The fraction of sp³-hybridized carbons (Fsp3) is 0. The lowest BCUT2D eigenvalue weighted by molar-refractivity contribution is 1.30. The van der Waals surface area contributed by atoms with Crippen LogP contribution in [0.2, 0.25) is 0 Å². The molecule has 198 valence electrons. The topological polar surface area (TPSA) is 3.24 Å². The molecule has 2 heteroatoms. The highest BCUT2D eigenvalue weighted by Gasteiger charge is 2.21. The second kappa shape index (κ2) is 10.3. The van der Waals surface area contributed by atoms with Crippen molar-refractivity contribution in [3.05, 3.63) is 164 Å². The van der Waals surface area contributed by atoms with E-state index in [0.29, 0.717) is 0 Å². The maximum atomic E-state index is 2.44. The summed E-state index contributed by atoms with van der Waals surface area (Å²) in [6.07, 6.45) is 0. The Morgan fingerprint density at radius 1 is 0.381 bits per heavy atom. The number of fused-ring (bicyclic) bond motifs is 5. The van der Waals surface area contributed by atoms with Crippen LogP contribution in [0.3, 0.4) is 0 Å². The second-order valence-corrected chi connectivity index (χ2v) is 11.6. The molecule has 1 heterocycles. The average Bonchev–Trinajstić information content (AvgIpc) is 3.44. The van der Waals surface area contributed by atoms with Crippen molar-refractivity contribution in [1.82, 2.24) is 0 Å². The number of hydrogen-bond acceptors (Lipinski definition) is 2. The summed E-state index contributed by atoms with van der Waals surface area (Å²) in [5, 5.41) is 5.12. The summed E-state index contributed by atoms with van der Waals surface area (Å²) in [6.45, 7) is 0. The molecule has 0 saturated carbocycles. The van der Waals surface area contributed by atoms with E-state index >= 15 is 0 Å². The molecule has 1 aromatic heterocycles. The molecule has 0 amide bonds. The summed E-state index contributed by atoms with van der Waals surface area (Å²) < 4.78 is 2.64. The van der Waals surface area contributed by atoms with Gasteiger partial charge in [0.15, 0.2) is 0 Å². The number of rotatable bonds is 5. The Balaban J connectivity index is 1.42. The van der Waals surface area contributed by atoms with Gasteiger partial charge in [-0.2, -0.15) is 0 Å². The second-order valence-electron chi connectivity index (χ2n) is 10.6. The predicted molar refractivity (Wildman–Crippen MR) is 182 cm³/mol. The summed E-state index contributed by atoms with van der Waals surface area (Å²) in [5.74, 6) is 0. The van der Waals surface area contributed by atoms with Crippen LogP contribution in [0.25, 0.3) is 53.2 Å². The molecule has 1 nitrogen and oxygen atoms in total. The molecule has 0 saturated heterocycles. The van der Waals surface area contributed by atoms with E-state index in [9.17, 15) is 0 Å². The third-order valence-electron chi connectivity index (χ3n) is 8.05. The zero-order valence-corrected chi connectivity index (χ0v) is 23.8. The summed E-state index contributed by atoms with van der Waals surface area (Å²) in [4.78, 5) is 2.44. The highest BCUT2D eigenvalue weighted by molar-refractivity contribution is 7.26. The van der Waals surface area contributed by atoms with E-state index in [4.69, 9.17) is 0 Å². The standard InChI is InChI=1S/C40H27NS/c1-4-14-28(15-5-1)30-24-25-34-36-27-38(33-21-10-11-22-35(33)40(36)42-39(34)26-30)41(31-18-8-3-9-19-31)37-23-13-12-20-32(37)29-16-6-2-7-17-29/h1-27H. The van der Waals surface area contributed by atoms with Gasteiger partial charge in [-0.15, -0.1) is 11.3 Å². The predicted octanol–water partition coefficient (Wildman–Crippen LogP) is 12.0. The van der Waals surface area contributed by atoms with Gasteiger partial charge in [-0.05, 0) is 47.0 Å². The summed E-state index contributed by atoms with van der Waals surface area (Å²) in [7, 11) is 0. The van der Waals surface area contributed by atoms with Crippen LogP contribution < -0.4 is 4.90 Å². The van der Waals surface area contributed by atoms with Gasteiger partial charge in [0.05, 0.1) is 11.4 Å². The van der Waals surface area contributed by atoms with Crippen molar-refractivity contribution in [2.75, 3.05) is 4.90 Å². The largest absolute Gasteiger partial charge is 0.309 e. The van der Waals surface area contributed by atoms with Gasteiger partial charge in [0.2, 0.25) is 0 Å². The van der Waals surface area contributed by atoms with Gasteiger partial charge in [-0.25, -0.2) is 0 Å². The highest BCUT2D eigenvalue weighted by Crippen LogP contribution is 2.48. The number of benzene rings is 7. The first-order valence-electron chi connectivity index (χ1n) is 14.3. The molecule has 0 spiro atoms. The first-order valence-corrected chi connectivity index (χ1v) is 15.1. The molecule has 0 aliphatic carbocycles. The van der Waals surface area contributed by atoms with Crippen molar-refractivity contribution in [2.24, 2.45) is 0 Å². The third kappa shape index (κ3) is 4.16. The Bertz CT molecular complexity index is 2180. The van der Waals surface area contributed by atoms with E-state index in [1.807, 2.05) is 11.3 Å². The molecular formula is C40H27NS. The minimum Gasteiger partial charge on any atom is -0.309 e. The molecule has 0 atom stereocenters.